The van der Waals surface area contributed by atoms with Crippen molar-refractivity contribution in [3.63, 3.8) is 0 Å². The molecule has 10 heavy (non-hydrogen) atoms. The summed E-state index contributed by atoms with van der Waals surface area (Å²) in [5.74, 6) is 2.41. The highest BCUT2D eigenvalue weighted by Gasteiger charge is 2.23. The van der Waals surface area contributed by atoms with Gasteiger partial charge in [0.1, 0.15) is 0 Å². The Morgan fingerprint density at radius 2 is 1.90 bits per heavy atom. The van der Waals surface area contributed by atoms with Gasteiger partial charge in [-0.3, -0.25) is 0 Å². The molecule has 0 aliphatic carbocycles. The summed E-state index contributed by atoms with van der Waals surface area (Å²) in [6.07, 6.45) is 2.59. The minimum absolute atomic E-state index is 0.389. The molecule has 0 radical (unpaired) electrons. The van der Waals surface area contributed by atoms with Gasteiger partial charge in [0.25, 0.3) is 0 Å². The highest BCUT2D eigenvalue weighted by atomic mass is 16.5. The van der Waals surface area contributed by atoms with E-state index in [4.69, 9.17) is 4.74 Å². The molecule has 3 unspecified atom stereocenters. The van der Waals surface area contributed by atoms with Crippen LogP contribution in [0.15, 0.2) is 11.8 Å². The van der Waals surface area contributed by atoms with E-state index >= 15 is 0 Å². The molecule has 0 N–H and O–H groups in total. The minimum Gasteiger partial charge on any atom is -0.495 e. The second-order valence-corrected chi connectivity index (χ2v) is 3.32. The quantitative estimate of drug-likeness (QED) is 0.502. The largest absolute Gasteiger partial charge is 0.495 e. The molecule has 0 amide bonds. The molecule has 0 bridgehead atoms. The molecular weight excluding hydrogens is 124 g/mol. The van der Waals surface area contributed by atoms with Crippen molar-refractivity contribution in [3.8, 4) is 0 Å². The zero-order valence-electron chi connectivity index (χ0n) is 7.22. The van der Waals surface area contributed by atoms with E-state index in [9.17, 15) is 0 Å². The molecule has 0 aromatic heterocycles. The Hall–Kier alpha value is -0.460. The highest BCUT2D eigenvalue weighted by molar-refractivity contribution is 4.99. The summed E-state index contributed by atoms with van der Waals surface area (Å²) in [6, 6.07) is 0. The van der Waals surface area contributed by atoms with Crippen molar-refractivity contribution in [2.45, 2.75) is 33.8 Å². The normalized spacial score (nSPS) is 40.4. The van der Waals surface area contributed by atoms with Crippen molar-refractivity contribution in [2.24, 2.45) is 11.8 Å². The molecule has 3 atom stereocenters. The summed E-state index contributed by atoms with van der Waals surface area (Å²) in [4.78, 5) is 0. The molecule has 58 valence electrons. The zero-order valence-corrected chi connectivity index (χ0v) is 7.22. The average Bonchev–Trinajstić information content (AvgIpc) is 1.82. The average molecular weight is 140 g/mol. The smallest absolute Gasteiger partial charge is 0.0985 e. The van der Waals surface area contributed by atoms with Gasteiger partial charge in [-0.2, -0.15) is 0 Å². The lowest BCUT2D eigenvalue weighted by Gasteiger charge is -2.30. The monoisotopic (exact) mass is 140 g/mol. The van der Waals surface area contributed by atoms with Crippen LogP contribution in [0.2, 0.25) is 0 Å². The van der Waals surface area contributed by atoms with Crippen LogP contribution < -0.4 is 0 Å². The fraction of sp³-hybridized carbons (Fsp3) is 0.778. The van der Waals surface area contributed by atoms with Crippen LogP contribution in [0.4, 0.5) is 0 Å². The number of allylic oxidation sites excluding steroid dienone is 2. The molecule has 0 fully saturated rings. The van der Waals surface area contributed by atoms with Crippen molar-refractivity contribution in [1.29, 1.82) is 0 Å². The van der Waals surface area contributed by atoms with Crippen LogP contribution in [0.3, 0.4) is 0 Å². The summed E-state index contributed by atoms with van der Waals surface area (Å²) >= 11 is 0. The second kappa shape index (κ2) is 2.65. The van der Waals surface area contributed by atoms with Gasteiger partial charge in [-0.25, -0.2) is 0 Å². The molecule has 1 aliphatic heterocycles. The van der Waals surface area contributed by atoms with Crippen molar-refractivity contribution in [1.82, 2.24) is 0 Å². The van der Waals surface area contributed by atoms with Gasteiger partial charge in [0, 0.05) is 0 Å². The Balaban J connectivity index is 2.69. The van der Waals surface area contributed by atoms with Crippen molar-refractivity contribution in [3.05, 3.63) is 11.8 Å². The van der Waals surface area contributed by atoms with Gasteiger partial charge < -0.3 is 4.74 Å². The van der Waals surface area contributed by atoms with Crippen LogP contribution >= 0.6 is 0 Å². The summed E-state index contributed by atoms with van der Waals surface area (Å²) in [5.41, 5.74) is 0. The van der Waals surface area contributed by atoms with Crippen LogP contribution in [0, 0.1) is 11.8 Å². The van der Waals surface area contributed by atoms with Gasteiger partial charge in [0.2, 0.25) is 0 Å². The van der Waals surface area contributed by atoms with Crippen LogP contribution in [0.25, 0.3) is 0 Å². The number of hydrogen-bond donors (Lipinski definition) is 0. The van der Waals surface area contributed by atoms with E-state index in [1.165, 1.54) is 0 Å². The van der Waals surface area contributed by atoms with E-state index in [1.54, 1.807) is 0 Å². The Morgan fingerprint density at radius 3 is 2.40 bits per heavy atom. The van der Waals surface area contributed by atoms with E-state index in [0.717, 1.165) is 5.76 Å². The number of hydrogen-bond acceptors (Lipinski definition) is 1. The molecule has 0 aromatic rings. The highest BCUT2D eigenvalue weighted by Crippen LogP contribution is 2.26. The molecule has 1 rings (SSSR count). The lowest BCUT2D eigenvalue weighted by Crippen LogP contribution is -2.26. The van der Waals surface area contributed by atoms with Gasteiger partial charge in [0.05, 0.1) is 11.9 Å². The van der Waals surface area contributed by atoms with Gasteiger partial charge in [-0.1, -0.05) is 13.8 Å². The van der Waals surface area contributed by atoms with Crippen LogP contribution in [-0.4, -0.2) is 6.10 Å². The van der Waals surface area contributed by atoms with Crippen molar-refractivity contribution in [2.75, 3.05) is 0 Å². The van der Waals surface area contributed by atoms with Gasteiger partial charge >= 0.3 is 0 Å². The Morgan fingerprint density at radius 1 is 1.30 bits per heavy atom. The minimum atomic E-state index is 0.389. The third kappa shape index (κ3) is 1.34. The molecule has 0 aromatic carbocycles. The molecule has 1 heterocycles. The topological polar surface area (TPSA) is 9.23 Å². The van der Waals surface area contributed by atoms with Gasteiger partial charge in [0.15, 0.2) is 0 Å². The van der Waals surface area contributed by atoms with E-state index < -0.39 is 0 Å². The first-order chi connectivity index (χ1) is 4.61. The molecular formula is C9H16O. The third-order valence-corrected chi connectivity index (χ3v) is 2.44. The number of ether oxygens (including phenoxy) is 1. The first-order valence-corrected chi connectivity index (χ1v) is 3.96. The van der Waals surface area contributed by atoms with Crippen molar-refractivity contribution < 1.29 is 4.74 Å². The first-order valence-electron chi connectivity index (χ1n) is 3.96. The van der Waals surface area contributed by atoms with E-state index in [1.807, 2.05) is 6.92 Å². The second-order valence-electron chi connectivity index (χ2n) is 3.32. The zero-order chi connectivity index (χ0) is 7.72. The molecule has 1 nitrogen and oxygen atoms in total. The van der Waals surface area contributed by atoms with E-state index in [-0.39, 0.29) is 0 Å². The van der Waals surface area contributed by atoms with Crippen molar-refractivity contribution >= 4 is 0 Å². The van der Waals surface area contributed by atoms with Crippen LogP contribution in [-0.2, 0) is 4.74 Å². The van der Waals surface area contributed by atoms with Gasteiger partial charge in [-0.15, -0.1) is 0 Å². The third-order valence-electron chi connectivity index (χ3n) is 2.44. The van der Waals surface area contributed by atoms with E-state index in [0.29, 0.717) is 17.9 Å². The molecule has 1 heteroatoms. The molecule has 0 saturated heterocycles. The maximum absolute atomic E-state index is 5.53. The molecule has 0 saturated carbocycles. The summed E-state index contributed by atoms with van der Waals surface area (Å²) in [6.45, 7) is 8.64. The predicted octanol–water partition coefficient (Wildman–Crippen LogP) is 2.58. The Bertz CT molecular complexity index is 149. The standard InChI is InChI=1S/C9H16O/c1-6-5-7(2)10-9(4)8(6)3/h5-6,8-9H,1-4H3. The summed E-state index contributed by atoms with van der Waals surface area (Å²) in [7, 11) is 0. The van der Waals surface area contributed by atoms with Crippen LogP contribution in [0.5, 0.6) is 0 Å². The Kier molecular flexibility index (Phi) is 2.02. The fourth-order valence-corrected chi connectivity index (χ4v) is 1.39. The molecule has 0 spiro atoms. The maximum Gasteiger partial charge on any atom is 0.0985 e. The summed E-state index contributed by atoms with van der Waals surface area (Å²) in [5, 5.41) is 0. The number of rotatable bonds is 0. The molecule has 1 aliphatic rings. The maximum atomic E-state index is 5.53. The Labute approximate surface area is 63.1 Å². The van der Waals surface area contributed by atoms with Crippen LogP contribution in [0.1, 0.15) is 27.7 Å². The summed E-state index contributed by atoms with van der Waals surface area (Å²) < 4.78 is 5.53. The lowest BCUT2D eigenvalue weighted by atomic mass is 9.89. The fourth-order valence-electron chi connectivity index (χ4n) is 1.39. The first kappa shape index (κ1) is 7.64. The SMILES string of the molecule is CC1=CC(C)C(C)C(C)O1. The van der Waals surface area contributed by atoms with E-state index in [2.05, 4.69) is 26.8 Å². The van der Waals surface area contributed by atoms with Gasteiger partial charge in [-0.05, 0) is 31.8 Å². The lowest BCUT2D eigenvalue weighted by molar-refractivity contribution is 0.0516. The predicted molar refractivity (Wildman–Crippen MR) is 42.6 cm³/mol.